The lowest BCUT2D eigenvalue weighted by Crippen LogP contribution is -2.28. The number of aryl methyl sites for hydroxylation is 1. The quantitative estimate of drug-likeness (QED) is 0.510. The summed E-state index contributed by atoms with van der Waals surface area (Å²) in [5.41, 5.74) is 9.30. The molecule has 142 valence electrons. The van der Waals surface area contributed by atoms with Gasteiger partial charge in [-0.2, -0.15) is 0 Å². The first-order valence-corrected chi connectivity index (χ1v) is 8.49. The van der Waals surface area contributed by atoms with Gasteiger partial charge in [-0.25, -0.2) is 14.2 Å². The molecule has 28 heavy (non-hydrogen) atoms. The standard InChI is InChI=1S/C20H19FN6O/c1-12-8-14(6-7-24-12)19(23)16-11-25-18(9-17(16)22)27-20(28)26-10-13-2-4-15(21)5-3-13/h2-9,11,23H,10H2,1H3,(H4,22,25,26,27,28). The van der Waals surface area contributed by atoms with Crippen molar-refractivity contribution in [2.75, 3.05) is 11.1 Å². The number of nitrogen functional groups attached to an aromatic ring is 1. The molecule has 2 heterocycles. The fraction of sp³-hybridized carbons (Fsp3) is 0.100. The first-order chi connectivity index (χ1) is 13.4. The van der Waals surface area contributed by atoms with Gasteiger partial charge < -0.3 is 11.1 Å². The van der Waals surface area contributed by atoms with Crippen molar-refractivity contribution >= 4 is 23.2 Å². The van der Waals surface area contributed by atoms with Crippen molar-refractivity contribution in [1.82, 2.24) is 15.3 Å². The molecule has 2 aromatic heterocycles. The smallest absolute Gasteiger partial charge is 0.320 e. The van der Waals surface area contributed by atoms with E-state index in [2.05, 4.69) is 20.6 Å². The van der Waals surface area contributed by atoms with Crippen LogP contribution in [0.5, 0.6) is 0 Å². The molecule has 0 bridgehead atoms. The number of nitrogens with zero attached hydrogens (tertiary/aromatic N) is 2. The van der Waals surface area contributed by atoms with E-state index < -0.39 is 6.03 Å². The Labute approximate surface area is 161 Å². The molecule has 5 N–H and O–H groups in total. The lowest BCUT2D eigenvalue weighted by Gasteiger charge is -2.11. The molecule has 0 aliphatic rings. The van der Waals surface area contributed by atoms with Gasteiger partial charge in [0.1, 0.15) is 11.6 Å². The van der Waals surface area contributed by atoms with Crippen molar-refractivity contribution in [2.45, 2.75) is 13.5 Å². The van der Waals surface area contributed by atoms with Crippen LogP contribution in [0.4, 0.5) is 20.7 Å². The molecule has 1 aromatic carbocycles. The summed E-state index contributed by atoms with van der Waals surface area (Å²) in [6.45, 7) is 2.08. The largest absolute Gasteiger partial charge is 0.398 e. The molecular weight excluding hydrogens is 359 g/mol. The van der Waals surface area contributed by atoms with E-state index in [4.69, 9.17) is 11.1 Å². The number of nitrogens with one attached hydrogen (secondary N) is 3. The molecule has 0 saturated carbocycles. The van der Waals surface area contributed by atoms with E-state index in [9.17, 15) is 9.18 Å². The number of anilines is 2. The van der Waals surface area contributed by atoms with Gasteiger partial charge in [0, 0.05) is 47.5 Å². The van der Waals surface area contributed by atoms with Crippen LogP contribution in [0.15, 0.2) is 54.9 Å². The molecule has 0 fully saturated rings. The molecule has 3 aromatic rings. The molecule has 7 nitrogen and oxygen atoms in total. The summed E-state index contributed by atoms with van der Waals surface area (Å²) >= 11 is 0. The van der Waals surface area contributed by atoms with Crippen LogP contribution in [0.1, 0.15) is 22.4 Å². The van der Waals surface area contributed by atoms with Crippen LogP contribution in [-0.4, -0.2) is 21.7 Å². The number of carbonyl (C=O) groups is 1. The van der Waals surface area contributed by atoms with Gasteiger partial charge in [-0.3, -0.25) is 15.7 Å². The van der Waals surface area contributed by atoms with Crippen LogP contribution < -0.4 is 16.4 Å². The van der Waals surface area contributed by atoms with Gasteiger partial charge in [-0.05, 0) is 36.8 Å². The van der Waals surface area contributed by atoms with Crippen molar-refractivity contribution < 1.29 is 9.18 Å². The number of halogens is 1. The Balaban J connectivity index is 1.64. The summed E-state index contributed by atoms with van der Waals surface area (Å²) in [6, 6.07) is 10.4. The number of pyridine rings is 2. The first-order valence-electron chi connectivity index (χ1n) is 8.49. The predicted octanol–water partition coefficient (Wildman–Crippen LogP) is 3.24. The number of hydrogen-bond acceptors (Lipinski definition) is 5. The number of nitrogens with two attached hydrogens (primary N) is 1. The zero-order valence-corrected chi connectivity index (χ0v) is 15.2. The lowest BCUT2D eigenvalue weighted by molar-refractivity contribution is 0.251. The van der Waals surface area contributed by atoms with E-state index in [0.29, 0.717) is 16.8 Å². The maximum absolute atomic E-state index is 12.9. The normalized spacial score (nSPS) is 10.4. The topological polar surface area (TPSA) is 117 Å². The highest BCUT2D eigenvalue weighted by Crippen LogP contribution is 2.19. The molecule has 0 spiro atoms. The summed E-state index contributed by atoms with van der Waals surface area (Å²) < 4.78 is 12.9. The Kier molecular flexibility index (Phi) is 5.59. The predicted molar refractivity (Wildman–Crippen MR) is 106 cm³/mol. The molecule has 0 saturated heterocycles. The molecule has 0 aliphatic carbocycles. The van der Waals surface area contributed by atoms with Crippen LogP contribution in [-0.2, 0) is 6.54 Å². The van der Waals surface area contributed by atoms with Gasteiger partial charge in [0.25, 0.3) is 0 Å². The molecule has 0 aliphatic heterocycles. The molecule has 0 radical (unpaired) electrons. The molecule has 3 rings (SSSR count). The maximum Gasteiger partial charge on any atom is 0.320 e. The summed E-state index contributed by atoms with van der Waals surface area (Å²) in [5, 5.41) is 13.6. The van der Waals surface area contributed by atoms with Crippen molar-refractivity contribution in [3.8, 4) is 0 Å². The third kappa shape index (κ3) is 4.67. The summed E-state index contributed by atoms with van der Waals surface area (Å²) in [7, 11) is 0. The minimum absolute atomic E-state index is 0.225. The van der Waals surface area contributed by atoms with Gasteiger partial charge in [0.2, 0.25) is 0 Å². The lowest BCUT2D eigenvalue weighted by atomic mass is 10.0. The minimum atomic E-state index is -0.469. The number of benzene rings is 1. The molecule has 2 amide bonds. The van der Waals surface area contributed by atoms with Crippen LogP contribution in [0.2, 0.25) is 0 Å². The number of aromatic nitrogens is 2. The minimum Gasteiger partial charge on any atom is -0.398 e. The van der Waals surface area contributed by atoms with E-state index >= 15 is 0 Å². The van der Waals surface area contributed by atoms with Crippen molar-refractivity contribution in [3.63, 3.8) is 0 Å². The van der Waals surface area contributed by atoms with E-state index in [1.165, 1.54) is 24.4 Å². The van der Waals surface area contributed by atoms with E-state index in [0.717, 1.165) is 11.3 Å². The zero-order chi connectivity index (χ0) is 20.1. The van der Waals surface area contributed by atoms with Crippen LogP contribution in [0.3, 0.4) is 0 Å². The van der Waals surface area contributed by atoms with Gasteiger partial charge >= 0.3 is 6.03 Å². The van der Waals surface area contributed by atoms with E-state index in [1.807, 2.05) is 6.92 Å². The van der Waals surface area contributed by atoms with Crippen molar-refractivity contribution in [3.05, 3.63) is 83.1 Å². The number of carbonyl (C=O) groups excluding carboxylic acids is 1. The molecule has 0 atom stereocenters. The van der Waals surface area contributed by atoms with Crippen LogP contribution >= 0.6 is 0 Å². The Hall–Kier alpha value is -3.81. The Morgan fingerprint density at radius 3 is 2.61 bits per heavy atom. The summed E-state index contributed by atoms with van der Waals surface area (Å²) in [5.74, 6) is -0.0722. The van der Waals surface area contributed by atoms with Crippen molar-refractivity contribution in [1.29, 1.82) is 5.41 Å². The van der Waals surface area contributed by atoms with E-state index in [1.54, 1.807) is 30.5 Å². The Morgan fingerprint density at radius 2 is 1.93 bits per heavy atom. The van der Waals surface area contributed by atoms with Gasteiger partial charge in [0.15, 0.2) is 0 Å². The monoisotopic (exact) mass is 378 g/mol. The number of urea groups is 1. The zero-order valence-electron chi connectivity index (χ0n) is 15.2. The molecular formula is C20H19FN6O. The van der Waals surface area contributed by atoms with Crippen molar-refractivity contribution in [2.24, 2.45) is 0 Å². The second kappa shape index (κ2) is 8.26. The third-order valence-electron chi connectivity index (χ3n) is 4.00. The van der Waals surface area contributed by atoms with Gasteiger partial charge in [-0.15, -0.1) is 0 Å². The molecule has 0 unspecified atom stereocenters. The van der Waals surface area contributed by atoms with Gasteiger partial charge in [0.05, 0.1) is 5.71 Å². The number of amides is 2. The average molecular weight is 378 g/mol. The highest BCUT2D eigenvalue weighted by Gasteiger charge is 2.12. The first kappa shape index (κ1) is 19.0. The molecule has 8 heteroatoms. The van der Waals surface area contributed by atoms with Gasteiger partial charge in [-0.1, -0.05) is 12.1 Å². The Morgan fingerprint density at radius 1 is 1.18 bits per heavy atom. The fourth-order valence-electron chi connectivity index (χ4n) is 2.55. The second-order valence-electron chi connectivity index (χ2n) is 6.15. The number of rotatable bonds is 5. The third-order valence-corrected chi connectivity index (χ3v) is 4.00. The summed E-state index contributed by atoms with van der Waals surface area (Å²) in [4.78, 5) is 20.3. The van der Waals surface area contributed by atoms with Crippen LogP contribution in [0, 0.1) is 18.2 Å². The highest BCUT2D eigenvalue weighted by atomic mass is 19.1. The fourth-order valence-corrected chi connectivity index (χ4v) is 2.55. The summed E-state index contributed by atoms with van der Waals surface area (Å²) in [6.07, 6.45) is 3.08. The van der Waals surface area contributed by atoms with Crippen LogP contribution in [0.25, 0.3) is 0 Å². The SMILES string of the molecule is Cc1cc(C(=N)c2cnc(NC(=O)NCc3ccc(F)cc3)cc2N)ccn1. The second-order valence-corrected chi connectivity index (χ2v) is 6.15. The number of hydrogen-bond donors (Lipinski definition) is 4. The Bertz CT molecular complexity index is 1020. The highest BCUT2D eigenvalue weighted by molar-refractivity contribution is 6.13. The maximum atomic E-state index is 12.9. The van der Waals surface area contributed by atoms with E-state index in [-0.39, 0.29) is 23.9 Å². The average Bonchev–Trinajstić information content (AvgIpc) is 2.67.